The number of esters is 1. The predicted molar refractivity (Wildman–Crippen MR) is 80.6 cm³/mol. The number of hydrogen-bond acceptors (Lipinski definition) is 6. The summed E-state index contributed by atoms with van der Waals surface area (Å²) in [7, 11) is 4.58. The summed E-state index contributed by atoms with van der Waals surface area (Å²) in [4.78, 5) is 12.4. The minimum Gasteiger partial charge on any atom is -0.479 e. The first kappa shape index (κ1) is 14.2. The Balaban J connectivity index is 2.10. The molecule has 1 aromatic heterocycles. The molecule has 0 aliphatic carbocycles. The molecule has 0 saturated heterocycles. The number of carbonyl (C=O) groups excluding carboxylic acids is 1. The lowest BCUT2D eigenvalue weighted by Crippen LogP contribution is -2.24. The Morgan fingerprint density at radius 1 is 1.26 bits per heavy atom. The van der Waals surface area contributed by atoms with Gasteiger partial charge in [0.2, 0.25) is 0 Å². The summed E-state index contributed by atoms with van der Waals surface area (Å²) in [6.45, 7) is 1.66. The molecule has 0 fully saturated rings. The van der Waals surface area contributed by atoms with E-state index in [9.17, 15) is 4.79 Å². The maximum absolute atomic E-state index is 11.3. The topological polar surface area (TPSA) is 35.5 Å². The first-order valence-electron chi connectivity index (χ1n) is 5.55. The fraction of sp³-hybridized carbons (Fsp3) is 0.231. The molecule has 0 radical (unpaired) electrons. The molecule has 2 aromatic rings. The number of ether oxygens (including phenoxy) is 2. The van der Waals surface area contributed by atoms with E-state index in [2.05, 4.69) is 4.74 Å². The van der Waals surface area contributed by atoms with Crippen LogP contribution in [0.5, 0.6) is 5.75 Å². The van der Waals surface area contributed by atoms with Crippen molar-refractivity contribution in [3.63, 3.8) is 0 Å². The molecule has 2 rings (SSSR count). The van der Waals surface area contributed by atoms with E-state index in [0.29, 0.717) is 5.75 Å². The van der Waals surface area contributed by atoms with Crippen LogP contribution < -0.4 is 4.74 Å². The van der Waals surface area contributed by atoms with Gasteiger partial charge in [0.1, 0.15) is 9.57 Å². The van der Waals surface area contributed by atoms with Gasteiger partial charge in [-0.15, -0.1) is 0 Å². The third-order valence-corrected chi connectivity index (χ3v) is 5.36. The summed E-state index contributed by atoms with van der Waals surface area (Å²) in [6, 6.07) is 9.56. The molecule has 0 saturated carbocycles. The molecule has 1 heterocycles. The SMILES string of the molecule is COC(=O)C(C)Oc1ccc(-c2cc(=S)ss2)cc1. The van der Waals surface area contributed by atoms with Crippen LogP contribution in [0.3, 0.4) is 0 Å². The molecular formula is C13H12O3S3. The third-order valence-electron chi connectivity index (χ3n) is 2.45. The number of hydrogen-bond donors (Lipinski definition) is 0. The summed E-state index contributed by atoms with van der Waals surface area (Å²) in [5.41, 5.74) is 1.09. The van der Waals surface area contributed by atoms with Crippen LogP contribution in [0.4, 0.5) is 0 Å². The van der Waals surface area contributed by atoms with Crippen molar-refractivity contribution in [2.75, 3.05) is 7.11 Å². The molecule has 1 aromatic carbocycles. The van der Waals surface area contributed by atoms with E-state index in [4.69, 9.17) is 17.0 Å². The van der Waals surface area contributed by atoms with Crippen molar-refractivity contribution < 1.29 is 14.3 Å². The molecule has 100 valence electrons. The molecule has 0 amide bonds. The Morgan fingerprint density at radius 2 is 1.95 bits per heavy atom. The summed E-state index contributed by atoms with van der Waals surface area (Å²) in [6.07, 6.45) is -0.612. The van der Waals surface area contributed by atoms with Gasteiger partial charge in [-0.3, -0.25) is 0 Å². The van der Waals surface area contributed by atoms with Crippen molar-refractivity contribution in [2.24, 2.45) is 0 Å². The third kappa shape index (κ3) is 3.62. The Kier molecular flexibility index (Phi) is 4.68. The van der Waals surface area contributed by atoms with Gasteiger partial charge in [-0.25, -0.2) is 4.79 Å². The number of rotatable bonds is 4. The number of methoxy groups -OCH3 is 1. The monoisotopic (exact) mass is 312 g/mol. The van der Waals surface area contributed by atoms with E-state index in [0.717, 1.165) is 14.3 Å². The molecule has 0 aliphatic heterocycles. The molecular weight excluding hydrogens is 300 g/mol. The summed E-state index contributed by atoms with van der Waals surface area (Å²) < 4.78 is 11.0. The Hall–Kier alpha value is -1.24. The van der Waals surface area contributed by atoms with E-state index in [-0.39, 0.29) is 5.97 Å². The van der Waals surface area contributed by atoms with Gasteiger partial charge in [-0.2, -0.15) is 0 Å². The number of carbonyl (C=O) groups is 1. The molecule has 0 spiro atoms. The molecule has 6 heteroatoms. The molecule has 19 heavy (non-hydrogen) atoms. The Morgan fingerprint density at radius 3 is 2.47 bits per heavy atom. The lowest BCUT2D eigenvalue weighted by atomic mass is 10.2. The van der Waals surface area contributed by atoms with Crippen molar-refractivity contribution in [2.45, 2.75) is 13.0 Å². The fourth-order valence-electron chi connectivity index (χ4n) is 1.49. The minimum atomic E-state index is -0.612. The molecule has 0 aliphatic rings. The van der Waals surface area contributed by atoms with Gasteiger partial charge >= 0.3 is 5.97 Å². The highest BCUT2D eigenvalue weighted by atomic mass is 32.9. The fourth-order valence-corrected chi connectivity index (χ4v) is 3.89. The van der Waals surface area contributed by atoms with E-state index in [1.165, 1.54) is 7.11 Å². The lowest BCUT2D eigenvalue weighted by molar-refractivity contribution is -0.147. The van der Waals surface area contributed by atoms with Gasteiger partial charge in [0.25, 0.3) is 0 Å². The second-order valence-electron chi connectivity index (χ2n) is 3.80. The van der Waals surface area contributed by atoms with Crippen LogP contribution in [0.15, 0.2) is 30.3 Å². The Bertz CT molecular complexity index is 613. The largest absolute Gasteiger partial charge is 0.479 e. The quantitative estimate of drug-likeness (QED) is 0.483. The maximum atomic E-state index is 11.3. The van der Waals surface area contributed by atoms with Gasteiger partial charge < -0.3 is 9.47 Å². The van der Waals surface area contributed by atoms with Crippen molar-refractivity contribution in [1.29, 1.82) is 0 Å². The van der Waals surface area contributed by atoms with Gasteiger partial charge in [-0.1, -0.05) is 32.9 Å². The van der Waals surface area contributed by atoms with Crippen molar-refractivity contribution in [3.8, 4) is 16.2 Å². The summed E-state index contributed by atoms with van der Waals surface area (Å²) >= 11 is 5.11. The van der Waals surface area contributed by atoms with Crippen molar-refractivity contribution in [1.82, 2.24) is 0 Å². The smallest absolute Gasteiger partial charge is 0.346 e. The molecule has 0 N–H and O–H groups in total. The average Bonchev–Trinajstić information content (AvgIpc) is 2.85. The lowest BCUT2D eigenvalue weighted by Gasteiger charge is -2.12. The van der Waals surface area contributed by atoms with Crippen LogP contribution in [0.1, 0.15) is 6.92 Å². The highest BCUT2D eigenvalue weighted by Crippen LogP contribution is 2.30. The van der Waals surface area contributed by atoms with Crippen molar-refractivity contribution >= 4 is 38.9 Å². The van der Waals surface area contributed by atoms with E-state index in [1.807, 2.05) is 30.3 Å². The number of benzene rings is 1. The first-order chi connectivity index (χ1) is 9.10. The van der Waals surface area contributed by atoms with Crippen LogP contribution in [0, 0.1) is 3.82 Å². The second-order valence-corrected chi connectivity index (χ2v) is 6.71. The van der Waals surface area contributed by atoms with Crippen LogP contribution in [0.2, 0.25) is 0 Å². The maximum Gasteiger partial charge on any atom is 0.346 e. The minimum absolute atomic E-state index is 0.389. The summed E-state index contributed by atoms with van der Waals surface area (Å²) in [5.74, 6) is 0.250. The van der Waals surface area contributed by atoms with E-state index < -0.39 is 6.10 Å². The summed E-state index contributed by atoms with van der Waals surface area (Å²) in [5, 5.41) is 0. The zero-order chi connectivity index (χ0) is 13.8. The van der Waals surface area contributed by atoms with Gasteiger partial charge in [0.05, 0.1) is 7.11 Å². The predicted octanol–water partition coefficient (Wildman–Crippen LogP) is 4.15. The molecule has 1 unspecified atom stereocenters. The highest BCUT2D eigenvalue weighted by molar-refractivity contribution is 7.80. The second kappa shape index (κ2) is 6.27. The molecule has 3 nitrogen and oxygen atoms in total. The van der Waals surface area contributed by atoms with Gasteiger partial charge in [0.15, 0.2) is 6.10 Å². The zero-order valence-electron chi connectivity index (χ0n) is 10.4. The molecule has 0 bridgehead atoms. The Labute approximate surface area is 123 Å². The zero-order valence-corrected chi connectivity index (χ0v) is 12.9. The van der Waals surface area contributed by atoms with Gasteiger partial charge in [-0.05, 0) is 42.8 Å². The first-order valence-corrected chi connectivity index (χ1v) is 8.11. The molecule has 1 atom stereocenters. The standard InChI is InChI=1S/C13H12O3S3/c1-8(13(14)15-2)16-10-5-3-9(4-6-10)11-7-12(17)19-18-11/h3-8H,1-2H3. The van der Waals surface area contributed by atoms with E-state index >= 15 is 0 Å². The highest BCUT2D eigenvalue weighted by Gasteiger charge is 2.14. The van der Waals surface area contributed by atoms with Gasteiger partial charge in [0, 0.05) is 4.88 Å². The van der Waals surface area contributed by atoms with E-state index in [1.54, 1.807) is 27.6 Å². The normalized spacial score (nSPS) is 11.9. The van der Waals surface area contributed by atoms with Crippen LogP contribution in [-0.4, -0.2) is 19.2 Å². The van der Waals surface area contributed by atoms with Crippen LogP contribution in [0.25, 0.3) is 10.4 Å². The van der Waals surface area contributed by atoms with Crippen LogP contribution in [-0.2, 0) is 9.53 Å². The average molecular weight is 312 g/mol. The van der Waals surface area contributed by atoms with Crippen molar-refractivity contribution in [3.05, 3.63) is 34.2 Å². The van der Waals surface area contributed by atoms with Crippen LogP contribution >= 0.6 is 32.9 Å².